The Bertz CT molecular complexity index is 447. The van der Waals surface area contributed by atoms with Crippen molar-refractivity contribution in [3.8, 4) is 5.75 Å². The van der Waals surface area contributed by atoms with Gasteiger partial charge in [0.1, 0.15) is 5.75 Å². The Morgan fingerprint density at radius 1 is 1.27 bits per heavy atom. The monoisotopic (exact) mass is 228 g/mol. The van der Waals surface area contributed by atoms with E-state index < -0.39 is 15.1 Å². The highest BCUT2D eigenvalue weighted by molar-refractivity contribution is 7.92. The number of sulfone groups is 1. The maximum absolute atomic E-state index is 12.0. The van der Waals surface area contributed by atoms with Crippen LogP contribution in [0.1, 0.15) is 19.4 Å². The number of benzene rings is 1. The molecule has 0 atom stereocenters. The molecule has 1 rings (SSSR count). The second kappa shape index (κ2) is 4.23. The van der Waals surface area contributed by atoms with Gasteiger partial charge in [-0.25, -0.2) is 8.42 Å². The zero-order valence-corrected chi connectivity index (χ0v) is 10.3. The van der Waals surface area contributed by atoms with Crippen LogP contribution in [0, 0.1) is 6.92 Å². The molecule has 15 heavy (non-hydrogen) atoms. The summed E-state index contributed by atoms with van der Waals surface area (Å²) in [6, 6.07) is 5.09. The summed E-state index contributed by atoms with van der Waals surface area (Å²) in [5, 5.41) is -0.414. The predicted molar refractivity (Wildman–Crippen MR) is 60.1 cm³/mol. The minimum Gasteiger partial charge on any atom is -0.497 e. The van der Waals surface area contributed by atoms with Gasteiger partial charge in [0, 0.05) is 0 Å². The lowest BCUT2D eigenvalue weighted by Gasteiger charge is -2.11. The van der Waals surface area contributed by atoms with Crippen molar-refractivity contribution in [1.29, 1.82) is 0 Å². The summed E-state index contributed by atoms with van der Waals surface area (Å²) < 4.78 is 29.0. The Labute approximate surface area is 91.0 Å². The van der Waals surface area contributed by atoms with Crippen molar-refractivity contribution in [2.45, 2.75) is 30.9 Å². The predicted octanol–water partition coefficient (Wildman–Crippen LogP) is 2.19. The first-order valence-corrected chi connectivity index (χ1v) is 6.32. The molecule has 1 aromatic carbocycles. The summed E-state index contributed by atoms with van der Waals surface area (Å²) in [7, 11) is -1.70. The third kappa shape index (κ3) is 2.31. The van der Waals surface area contributed by atoms with Crippen molar-refractivity contribution in [3.63, 3.8) is 0 Å². The number of aryl methyl sites for hydroxylation is 1. The van der Waals surface area contributed by atoms with Crippen LogP contribution in [0.2, 0.25) is 0 Å². The van der Waals surface area contributed by atoms with Crippen molar-refractivity contribution in [1.82, 2.24) is 0 Å². The van der Waals surface area contributed by atoms with Crippen LogP contribution in [0.5, 0.6) is 5.75 Å². The molecule has 0 saturated carbocycles. The van der Waals surface area contributed by atoms with E-state index >= 15 is 0 Å². The van der Waals surface area contributed by atoms with Gasteiger partial charge in [-0.1, -0.05) is 6.07 Å². The smallest absolute Gasteiger partial charge is 0.181 e. The van der Waals surface area contributed by atoms with Gasteiger partial charge in [0.2, 0.25) is 0 Å². The fourth-order valence-electron chi connectivity index (χ4n) is 1.27. The van der Waals surface area contributed by atoms with Crippen LogP contribution >= 0.6 is 0 Å². The Hall–Kier alpha value is -1.03. The Kier molecular flexibility index (Phi) is 3.39. The van der Waals surface area contributed by atoms with E-state index in [1.165, 1.54) is 7.11 Å². The first-order chi connectivity index (χ1) is 6.89. The van der Waals surface area contributed by atoms with Crippen LogP contribution in [-0.2, 0) is 9.84 Å². The molecule has 0 aliphatic rings. The third-order valence-corrected chi connectivity index (χ3v) is 4.62. The molecule has 3 nitrogen and oxygen atoms in total. The highest BCUT2D eigenvalue weighted by Gasteiger charge is 2.21. The van der Waals surface area contributed by atoms with Crippen LogP contribution in [0.4, 0.5) is 0 Å². The molecule has 0 aromatic heterocycles. The molecular weight excluding hydrogens is 212 g/mol. The minimum absolute atomic E-state index is 0.358. The molecular formula is C11H16O3S. The van der Waals surface area contributed by atoms with E-state index in [1.54, 1.807) is 39.0 Å². The van der Waals surface area contributed by atoms with Crippen molar-refractivity contribution in [2.24, 2.45) is 0 Å². The number of hydrogen-bond donors (Lipinski definition) is 0. The quantitative estimate of drug-likeness (QED) is 0.796. The van der Waals surface area contributed by atoms with E-state index in [2.05, 4.69) is 0 Å². The number of rotatable bonds is 3. The van der Waals surface area contributed by atoms with E-state index in [9.17, 15) is 8.42 Å². The lowest BCUT2D eigenvalue weighted by Crippen LogP contribution is -2.15. The second-order valence-electron chi connectivity index (χ2n) is 3.73. The zero-order chi connectivity index (χ0) is 11.6. The van der Waals surface area contributed by atoms with Gasteiger partial charge in [0.05, 0.1) is 17.3 Å². The van der Waals surface area contributed by atoms with E-state index in [0.717, 1.165) is 5.56 Å². The Morgan fingerprint density at radius 3 is 2.33 bits per heavy atom. The largest absolute Gasteiger partial charge is 0.497 e. The molecule has 0 heterocycles. The Morgan fingerprint density at radius 2 is 1.87 bits per heavy atom. The summed E-state index contributed by atoms with van der Waals surface area (Å²) in [5.74, 6) is 0.569. The van der Waals surface area contributed by atoms with Crippen LogP contribution < -0.4 is 4.74 Å². The second-order valence-corrected chi connectivity index (χ2v) is 6.20. The first-order valence-electron chi connectivity index (χ1n) is 4.78. The minimum atomic E-state index is -3.22. The average Bonchev–Trinajstić information content (AvgIpc) is 2.18. The van der Waals surface area contributed by atoms with Gasteiger partial charge in [-0.2, -0.15) is 0 Å². The summed E-state index contributed by atoms with van der Waals surface area (Å²) in [6.07, 6.45) is 0. The number of methoxy groups -OCH3 is 1. The summed E-state index contributed by atoms with van der Waals surface area (Å²) in [4.78, 5) is 0.358. The molecule has 84 valence electrons. The summed E-state index contributed by atoms with van der Waals surface area (Å²) in [5.41, 5.74) is 0.754. The molecule has 0 saturated heterocycles. The van der Waals surface area contributed by atoms with Crippen LogP contribution in [0.3, 0.4) is 0 Å². The van der Waals surface area contributed by atoms with E-state index in [4.69, 9.17) is 4.74 Å². The topological polar surface area (TPSA) is 43.4 Å². The number of ether oxygens (including phenoxy) is 1. The Balaban J connectivity index is 3.37. The van der Waals surface area contributed by atoms with Gasteiger partial charge in [-0.05, 0) is 38.5 Å². The molecule has 0 N–H and O–H groups in total. The van der Waals surface area contributed by atoms with E-state index in [0.29, 0.717) is 10.6 Å². The molecule has 0 radical (unpaired) electrons. The highest BCUT2D eigenvalue weighted by Crippen LogP contribution is 2.24. The van der Waals surface area contributed by atoms with Crippen molar-refractivity contribution in [3.05, 3.63) is 23.8 Å². The molecule has 1 aromatic rings. The molecule has 0 unspecified atom stereocenters. The first kappa shape index (κ1) is 12.0. The van der Waals surface area contributed by atoms with Gasteiger partial charge >= 0.3 is 0 Å². The summed E-state index contributed by atoms with van der Waals surface area (Å²) >= 11 is 0. The molecule has 4 heteroatoms. The lowest BCUT2D eigenvalue weighted by atomic mass is 10.2. The van der Waals surface area contributed by atoms with Gasteiger partial charge in [0.15, 0.2) is 9.84 Å². The van der Waals surface area contributed by atoms with Gasteiger partial charge in [-0.15, -0.1) is 0 Å². The normalized spacial score (nSPS) is 11.8. The van der Waals surface area contributed by atoms with Gasteiger partial charge in [0.25, 0.3) is 0 Å². The van der Waals surface area contributed by atoms with Gasteiger partial charge in [-0.3, -0.25) is 0 Å². The van der Waals surface area contributed by atoms with Crippen molar-refractivity contribution >= 4 is 9.84 Å². The number of hydrogen-bond acceptors (Lipinski definition) is 3. The maximum atomic E-state index is 12.0. The van der Waals surface area contributed by atoms with E-state index in [1.807, 2.05) is 0 Å². The molecule has 0 amide bonds. The highest BCUT2D eigenvalue weighted by atomic mass is 32.2. The van der Waals surface area contributed by atoms with Crippen LogP contribution in [0.25, 0.3) is 0 Å². The lowest BCUT2D eigenvalue weighted by molar-refractivity contribution is 0.413. The fourth-order valence-corrected chi connectivity index (χ4v) is 2.57. The van der Waals surface area contributed by atoms with Crippen LogP contribution in [-0.4, -0.2) is 20.8 Å². The van der Waals surface area contributed by atoms with Crippen LogP contribution in [0.15, 0.2) is 23.1 Å². The molecule has 0 fully saturated rings. The maximum Gasteiger partial charge on any atom is 0.181 e. The van der Waals surface area contributed by atoms with Crippen molar-refractivity contribution in [2.75, 3.05) is 7.11 Å². The molecule has 0 bridgehead atoms. The SMILES string of the molecule is COc1ccc(C)c(S(=O)(=O)C(C)C)c1. The summed E-state index contributed by atoms with van der Waals surface area (Å²) in [6.45, 7) is 5.14. The van der Waals surface area contributed by atoms with Gasteiger partial charge < -0.3 is 4.74 Å². The fraction of sp³-hybridized carbons (Fsp3) is 0.455. The zero-order valence-electron chi connectivity index (χ0n) is 9.44. The van der Waals surface area contributed by atoms with Crippen molar-refractivity contribution < 1.29 is 13.2 Å². The third-order valence-electron chi connectivity index (χ3n) is 2.32. The standard InChI is InChI=1S/C11H16O3S/c1-8(2)15(12,13)11-7-10(14-4)6-5-9(11)3/h5-8H,1-4H3. The molecule has 0 aliphatic heterocycles. The molecule has 0 spiro atoms. The van der Waals surface area contributed by atoms with E-state index in [-0.39, 0.29) is 0 Å². The average molecular weight is 228 g/mol. The molecule has 0 aliphatic carbocycles.